The summed E-state index contributed by atoms with van der Waals surface area (Å²) in [6.45, 7) is 3.01. The molecule has 29 heavy (non-hydrogen) atoms. The number of hydrogen-bond donors (Lipinski definition) is 1. The Labute approximate surface area is 171 Å². The third-order valence-electron chi connectivity index (χ3n) is 5.25. The van der Waals surface area contributed by atoms with Crippen LogP contribution in [0.2, 0.25) is 0 Å². The molecule has 2 aromatic carbocycles. The molecule has 0 aliphatic carbocycles. The summed E-state index contributed by atoms with van der Waals surface area (Å²) in [7, 11) is 3.08. The molecule has 0 bridgehead atoms. The van der Waals surface area contributed by atoms with Crippen molar-refractivity contribution in [3.8, 4) is 11.1 Å². The second kappa shape index (κ2) is 9.20. The van der Waals surface area contributed by atoms with Gasteiger partial charge in [0.1, 0.15) is 6.61 Å². The molecule has 0 saturated carbocycles. The van der Waals surface area contributed by atoms with Gasteiger partial charge in [0, 0.05) is 27.1 Å². The fourth-order valence-corrected chi connectivity index (χ4v) is 3.70. The topological polar surface area (TPSA) is 67.9 Å². The SMILES string of the molecule is CNC(=O)C1(Cc2cccc(-c3ccc(C)cc3)c2)CN(C(=O)COC)CCO1. The van der Waals surface area contributed by atoms with Gasteiger partial charge in [-0.25, -0.2) is 0 Å². The molecule has 1 saturated heterocycles. The van der Waals surface area contributed by atoms with Gasteiger partial charge in [-0.2, -0.15) is 0 Å². The van der Waals surface area contributed by atoms with Gasteiger partial charge in [0.2, 0.25) is 5.91 Å². The molecule has 6 heteroatoms. The number of benzene rings is 2. The number of carbonyl (C=O) groups is 2. The van der Waals surface area contributed by atoms with Crippen LogP contribution < -0.4 is 5.32 Å². The first-order chi connectivity index (χ1) is 14.0. The Morgan fingerprint density at radius 1 is 1.17 bits per heavy atom. The number of ether oxygens (including phenoxy) is 2. The lowest BCUT2D eigenvalue weighted by Gasteiger charge is -2.41. The molecule has 3 rings (SSSR count). The number of likely N-dealkylation sites (N-methyl/N-ethyl adjacent to an activating group) is 1. The normalized spacial score (nSPS) is 19.1. The van der Waals surface area contributed by atoms with Crippen LogP contribution in [-0.4, -0.2) is 62.8 Å². The highest BCUT2D eigenvalue weighted by Crippen LogP contribution is 2.27. The van der Waals surface area contributed by atoms with Gasteiger partial charge < -0.3 is 19.7 Å². The number of rotatable bonds is 6. The van der Waals surface area contributed by atoms with E-state index in [1.165, 1.54) is 12.7 Å². The maximum absolute atomic E-state index is 12.8. The summed E-state index contributed by atoms with van der Waals surface area (Å²) in [5, 5.41) is 2.71. The summed E-state index contributed by atoms with van der Waals surface area (Å²) in [5.41, 5.74) is 3.26. The second-order valence-corrected chi connectivity index (χ2v) is 7.41. The summed E-state index contributed by atoms with van der Waals surface area (Å²) in [6, 6.07) is 16.4. The van der Waals surface area contributed by atoms with Gasteiger partial charge in [-0.15, -0.1) is 0 Å². The Kier molecular flexibility index (Phi) is 6.67. The van der Waals surface area contributed by atoms with Crippen molar-refractivity contribution in [3.05, 3.63) is 59.7 Å². The van der Waals surface area contributed by atoms with Crippen LogP contribution in [0.3, 0.4) is 0 Å². The van der Waals surface area contributed by atoms with E-state index in [1.807, 2.05) is 12.1 Å². The average molecular weight is 396 g/mol. The van der Waals surface area contributed by atoms with Crippen LogP contribution in [0.1, 0.15) is 11.1 Å². The number of morpholine rings is 1. The number of nitrogens with one attached hydrogen (secondary N) is 1. The number of amides is 2. The van der Waals surface area contributed by atoms with Gasteiger partial charge in [0.05, 0.1) is 13.2 Å². The summed E-state index contributed by atoms with van der Waals surface area (Å²) in [4.78, 5) is 26.8. The van der Waals surface area contributed by atoms with Gasteiger partial charge in [0.25, 0.3) is 5.91 Å². The van der Waals surface area contributed by atoms with E-state index in [2.05, 4.69) is 48.6 Å². The molecule has 0 radical (unpaired) electrons. The maximum Gasteiger partial charge on any atom is 0.254 e. The lowest BCUT2D eigenvalue weighted by Crippen LogP contribution is -2.62. The van der Waals surface area contributed by atoms with Crippen molar-refractivity contribution < 1.29 is 19.1 Å². The van der Waals surface area contributed by atoms with Crippen molar-refractivity contribution >= 4 is 11.8 Å². The van der Waals surface area contributed by atoms with Gasteiger partial charge in [-0.3, -0.25) is 9.59 Å². The molecular weight excluding hydrogens is 368 g/mol. The standard InChI is InChI=1S/C23H28N2O4/c1-17-7-9-19(10-8-17)20-6-4-5-18(13-20)14-23(22(27)24-2)16-25(11-12-29-23)21(26)15-28-3/h4-10,13H,11-12,14-16H2,1-3H3,(H,24,27). The highest BCUT2D eigenvalue weighted by molar-refractivity contribution is 5.87. The van der Waals surface area contributed by atoms with Crippen LogP contribution in [0, 0.1) is 6.92 Å². The van der Waals surface area contributed by atoms with E-state index in [0.29, 0.717) is 19.6 Å². The molecule has 1 heterocycles. The quantitative estimate of drug-likeness (QED) is 0.813. The van der Waals surface area contributed by atoms with Crippen LogP contribution in [-0.2, 0) is 25.5 Å². The monoisotopic (exact) mass is 396 g/mol. The van der Waals surface area contributed by atoms with Crippen LogP contribution in [0.25, 0.3) is 11.1 Å². The molecule has 154 valence electrons. The molecule has 2 aromatic rings. The number of nitrogens with zero attached hydrogens (tertiary/aromatic N) is 1. The molecule has 1 aliphatic rings. The Morgan fingerprint density at radius 3 is 2.62 bits per heavy atom. The highest BCUT2D eigenvalue weighted by Gasteiger charge is 2.44. The summed E-state index contributed by atoms with van der Waals surface area (Å²) in [5.74, 6) is -0.370. The Balaban J connectivity index is 1.87. The minimum absolute atomic E-state index is 0.00721. The number of carbonyl (C=O) groups excluding carboxylic acids is 2. The van der Waals surface area contributed by atoms with Crippen molar-refractivity contribution in [3.63, 3.8) is 0 Å². The smallest absolute Gasteiger partial charge is 0.254 e. The predicted octanol–water partition coefficient (Wildman–Crippen LogP) is 2.19. The zero-order valence-electron chi connectivity index (χ0n) is 17.2. The van der Waals surface area contributed by atoms with Crippen LogP contribution >= 0.6 is 0 Å². The Hall–Kier alpha value is -2.70. The lowest BCUT2D eigenvalue weighted by molar-refractivity contribution is -0.167. The van der Waals surface area contributed by atoms with Crippen LogP contribution in [0.4, 0.5) is 0 Å². The third kappa shape index (κ3) is 4.83. The van der Waals surface area contributed by atoms with E-state index in [0.717, 1.165) is 16.7 Å². The van der Waals surface area contributed by atoms with Gasteiger partial charge in [-0.1, -0.05) is 54.1 Å². The zero-order chi connectivity index (χ0) is 20.9. The molecule has 6 nitrogen and oxygen atoms in total. The van der Waals surface area contributed by atoms with Gasteiger partial charge >= 0.3 is 0 Å². The average Bonchev–Trinajstić information content (AvgIpc) is 2.74. The predicted molar refractivity (Wildman–Crippen MR) is 112 cm³/mol. The van der Waals surface area contributed by atoms with E-state index in [9.17, 15) is 9.59 Å². The van der Waals surface area contributed by atoms with Crippen LogP contribution in [0.5, 0.6) is 0 Å². The van der Waals surface area contributed by atoms with Crippen molar-refractivity contribution in [1.82, 2.24) is 10.2 Å². The number of methoxy groups -OCH3 is 1. The lowest BCUT2D eigenvalue weighted by atomic mass is 9.89. The van der Waals surface area contributed by atoms with Crippen molar-refractivity contribution in [2.75, 3.05) is 40.5 Å². The molecule has 0 spiro atoms. The van der Waals surface area contributed by atoms with Crippen molar-refractivity contribution in [2.24, 2.45) is 0 Å². The minimum Gasteiger partial charge on any atom is -0.375 e. The highest BCUT2D eigenvalue weighted by atomic mass is 16.5. The summed E-state index contributed by atoms with van der Waals surface area (Å²) >= 11 is 0. The first-order valence-corrected chi connectivity index (χ1v) is 9.76. The largest absolute Gasteiger partial charge is 0.375 e. The maximum atomic E-state index is 12.8. The van der Waals surface area contributed by atoms with E-state index < -0.39 is 5.60 Å². The van der Waals surface area contributed by atoms with Gasteiger partial charge in [0.15, 0.2) is 5.60 Å². The Bertz CT molecular complexity index is 865. The number of aryl methyl sites for hydroxylation is 1. The number of hydrogen-bond acceptors (Lipinski definition) is 4. The molecule has 1 atom stereocenters. The summed E-state index contributed by atoms with van der Waals surface area (Å²) in [6.07, 6.45) is 0.378. The van der Waals surface area contributed by atoms with Gasteiger partial charge in [-0.05, 0) is 23.6 Å². The molecule has 1 N–H and O–H groups in total. The van der Waals surface area contributed by atoms with E-state index in [-0.39, 0.29) is 25.0 Å². The van der Waals surface area contributed by atoms with Crippen molar-refractivity contribution in [2.45, 2.75) is 18.9 Å². The van der Waals surface area contributed by atoms with E-state index in [4.69, 9.17) is 9.47 Å². The van der Waals surface area contributed by atoms with E-state index >= 15 is 0 Å². The fourth-order valence-electron chi connectivity index (χ4n) is 3.70. The second-order valence-electron chi connectivity index (χ2n) is 7.41. The molecule has 1 fully saturated rings. The first-order valence-electron chi connectivity index (χ1n) is 9.76. The van der Waals surface area contributed by atoms with Crippen LogP contribution in [0.15, 0.2) is 48.5 Å². The van der Waals surface area contributed by atoms with Crippen molar-refractivity contribution in [1.29, 1.82) is 0 Å². The third-order valence-corrected chi connectivity index (χ3v) is 5.25. The summed E-state index contributed by atoms with van der Waals surface area (Å²) < 4.78 is 11.0. The molecule has 0 aromatic heterocycles. The minimum atomic E-state index is -1.12. The fraction of sp³-hybridized carbons (Fsp3) is 0.391. The molecule has 1 unspecified atom stereocenters. The zero-order valence-corrected chi connectivity index (χ0v) is 17.2. The molecule has 1 aliphatic heterocycles. The Morgan fingerprint density at radius 2 is 1.93 bits per heavy atom. The molecular formula is C23H28N2O4. The first kappa shape index (κ1) is 21.0. The molecule has 2 amide bonds. The van der Waals surface area contributed by atoms with E-state index in [1.54, 1.807) is 11.9 Å².